The summed E-state index contributed by atoms with van der Waals surface area (Å²) >= 11 is 3.44. The topological polar surface area (TPSA) is 124 Å². The first-order valence-corrected chi connectivity index (χ1v) is 16.9. The molecule has 1 heterocycles. The molecule has 0 amide bonds. The van der Waals surface area contributed by atoms with Gasteiger partial charge in [0, 0.05) is 0 Å². The van der Waals surface area contributed by atoms with Crippen LogP contribution >= 0.6 is 0 Å². The zero-order valence-corrected chi connectivity index (χ0v) is 30.6. The van der Waals surface area contributed by atoms with E-state index in [2.05, 4.69) is 196 Å². The fourth-order valence-corrected chi connectivity index (χ4v) is 7.56. The van der Waals surface area contributed by atoms with Crippen LogP contribution in [0.2, 0.25) is 0 Å². The molecule has 0 N–H and O–H groups in total. The van der Waals surface area contributed by atoms with Crippen molar-refractivity contribution in [2.24, 2.45) is 16.9 Å². The average Bonchev–Trinajstić information content (AvgIpc) is 3.64. The van der Waals surface area contributed by atoms with Gasteiger partial charge < -0.3 is 0 Å². The van der Waals surface area contributed by atoms with Gasteiger partial charge in [0.2, 0.25) is 0 Å². The Labute approximate surface area is 315 Å². The van der Waals surface area contributed by atoms with E-state index in [1.54, 1.807) is 0 Å². The van der Waals surface area contributed by atoms with Gasteiger partial charge in [0.15, 0.2) is 0 Å². The number of nitrogens with zero attached hydrogens (tertiary/aromatic N) is 2. The van der Waals surface area contributed by atoms with Crippen LogP contribution in [0.5, 0.6) is 0 Å². The Hall–Kier alpha value is -4.59. The SMILES string of the molecule is C[C@@H]1CC[C@@H](C(C)(C)c2ccccc2)[C@H](O[C](=[Cr])[C@@H]2[C@@H](c3ccccc3)C(c3ccccc3)=NN2c2ccccc2)C1.[C-]#[O+].[C-]#[O+].[C-]#[O+].[C-]#[O+].[C-]#[O+]. The van der Waals surface area contributed by atoms with Crippen LogP contribution in [0, 0.1) is 45.1 Å². The summed E-state index contributed by atoms with van der Waals surface area (Å²) in [5, 5.41) is 7.52. The summed E-state index contributed by atoms with van der Waals surface area (Å²) in [6.07, 6.45) is 3.54. The molecule has 1 aliphatic heterocycles. The summed E-state index contributed by atoms with van der Waals surface area (Å²) in [7, 11) is 0. The van der Waals surface area contributed by atoms with E-state index >= 15 is 0 Å². The molecule has 6 rings (SSSR count). The molecule has 0 spiro atoms. The Morgan fingerprint density at radius 2 is 1.15 bits per heavy atom. The van der Waals surface area contributed by atoms with Crippen LogP contribution in [0.3, 0.4) is 0 Å². The van der Waals surface area contributed by atoms with Gasteiger partial charge in [-0.2, -0.15) is 0 Å². The molecule has 0 bridgehead atoms. The van der Waals surface area contributed by atoms with E-state index in [4.69, 9.17) is 33.1 Å². The Morgan fingerprint density at radius 1 is 0.692 bits per heavy atom. The monoisotopic (exact) mass is 732 g/mol. The summed E-state index contributed by atoms with van der Waals surface area (Å²) in [6.45, 7) is 29.7. The summed E-state index contributed by atoms with van der Waals surface area (Å²) in [5.74, 6) is 1.03. The van der Waals surface area contributed by atoms with E-state index < -0.39 is 0 Å². The molecule has 1 saturated carbocycles. The molecule has 1 fully saturated rings. The van der Waals surface area contributed by atoms with E-state index in [1.807, 2.05) is 0 Å². The van der Waals surface area contributed by atoms with Crippen LogP contribution in [0.4, 0.5) is 5.69 Å². The molecule has 1 aliphatic carbocycles. The van der Waals surface area contributed by atoms with Crippen molar-refractivity contribution in [2.75, 3.05) is 5.01 Å². The third kappa shape index (κ3) is 11.5. The van der Waals surface area contributed by atoms with Crippen LogP contribution < -0.4 is 5.01 Å². The van der Waals surface area contributed by atoms with Crippen LogP contribution in [0.1, 0.15) is 62.6 Å². The van der Waals surface area contributed by atoms with Crippen LogP contribution in [-0.2, 0) is 49.3 Å². The Morgan fingerprint density at radius 3 is 1.67 bits per heavy atom. The van der Waals surface area contributed by atoms with Crippen molar-refractivity contribution in [1.82, 2.24) is 0 Å². The van der Waals surface area contributed by atoms with Crippen LogP contribution in [0.25, 0.3) is 0 Å². The van der Waals surface area contributed by atoms with E-state index in [-0.39, 0.29) is 23.5 Å². The first-order valence-electron chi connectivity index (χ1n) is 16.2. The fourth-order valence-electron chi connectivity index (χ4n) is 7.00. The zero-order valence-electron chi connectivity index (χ0n) is 29.3. The average molecular weight is 733 g/mol. The zero-order chi connectivity index (χ0) is 39.1. The molecule has 264 valence electrons. The van der Waals surface area contributed by atoms with Crippen molar-refractivity contribution in [3.8, 4) is 0 Å². The number of anilines is 1. The third-order valence-electron chi connectivity index (χ3n) is 9.35. The number of benzene rings is 4. The van der Waals surface area contributed by atoms with Gasteiger partial charge in [-0.15, -0.1) is 0 Å². The first kappa shape index (κ1) is 45.4. The number of hydrogen-bond acceptors (Lipinski definition) is 3. The van der Waals surface area contributed by atoms with Crippen molar-refractivity contribution in [1.29, 1.82) is 0 Å². The molecule has 0 aromatic heterocycles. The summed E-state index contributed by atoms with van der Waals surface area (Å²) in [4.78, 5) is 0. The normalized spacial score (nSPS) is 19.8. The van der Waals surface area contributed by atoms with Gasteiger partial charge in [-0.25, -0.2) is 0 Å². The van der Waals surface area contributed by atoms with Gasteiger partial charge in [0.25, 0.3) is 0 Å². The molecule has 5 atom stereocenters. The summed E-state index contributed by atoms with van der Waals surface area (Å²) in [6, 6.07) is 42.7. The van der Waals surface area contributed by atoms with Gasteiger partial charge in [0.1, 0.15) is 0 Å². The third-order valence-corrected chi connectivity index (χ3v) is 9.87. The van der Waals surface area contributed by atoms with Crippen molar-refractivity contribution >= 4 is 16.0 Å². The molecule has 8 nitrogen and oxygen atoms in total. The minimum atomic E-state index is -0.122. The fraction of sp³-hybridized carbons (Fsp3) is 0.279. The molecule has 0 saturated heterocycles. The first-order chi connectivity index (χ1) is 25.4. The van der Waals surface area contributed by atoms with Crippen LogP contribution in [-0.4, -0.2) is 22.4 Å². The molecule has 0 unspecified atom stereocenters. The molecule has 0 radical (unpaired) electrons. The Bertz CT molecular complexity index is 1720. The molecule has 9 heteroatoms. The molecule has 2 aliphatic rings. The minimum absolute atomic E-state index is 0.00616. The van der Waals surface area contributed by atoms with Gasteiger partial charge in [-0.1, -0.05) is 0 Å². The second-order valence-electron chi connectivity index (χ2n) is 12.5. The Kier molecular flexibility index (Phi) is 21.5. The second-order valence-corrected chi connectivity index (χ2v) is 13.1. The maximum atomic E-state index is 7.50. The number of para-hydroxylation sites is 1. The van der Waals surface area contributed by atoms with E-state index in [9.17, 15) is 0 Å². The van der Waals surface area contributed by atoms with Gasteiger partial charge in [-0.05, 0) is 0 Å². The summed E-state index contributed by atoms with van der Waals surface area (Å²) in [5.41, 5.74) is 5.86. The van der Waals surface area contributed by atoms with Crippen molar-refractivity contribution in [2.45, 2.75) is 63.5 Å². The predicted molar refractivity (Wildman–Crippen MR) is 190 cm³/mol. The molecule has 52 heavy (non-hydrogen) atoms. The second kappa shape index (κ2) is 24.6. The predicted octanol–water partition coefficient (Wildman–Crippen LogP) is 8.35. The summed E-state index contributed by atoms with van der Waals surface area (Å²) < 4.78 is 45.6. The number of rotatable bonds is 8. The number of hydrogen-bond donors (Lipinski definition) is 0. The van der Waals surface area contributed by atoms with Crippen LogP contribution in [0.15, 0.2) is 126 Å². The van der Waals surface area contributed by atoms with E-state index in [0.29, 0.717) is 11.8 Å². The Balaban J connectivity index is 0.00000125. The van der Waals surface area contributed by atoms with E-state index in [0.717, 1.165) is 34.4 Å². The van der Waals surface area contributed by atoms with Gasteiger partial charge in [-0.3, -0.25) is 0 Å². The molecule has 4 aromatic carbocycles. The van der Waals surface area contributed by atoms with E-state index in [1.165, 1.54) is 17.5 Å². The number of ether oxygens (including phenoxy) is 1. The van der Waals surface area contributed by atoms with Crippen molar-refractivity contribution in [3.63, 3.8) is 0 Å². The quantitative estimate of drug-likeness (QED) is 0.134. The van der Waals surface area contributed by atoms with Crippen molar-refractivity contribution in [3.05, 3.63) is 171 Å². The molecular weight excluding hydrogens is 692 g/mol. The van der Waals surface area contributed by atoms with Gasteiger partial charge in [0.05, 0.1) is 0 Å². The number of hydrazone groups is 1. The van der Waals surface area contributed by atoms with Gasteiger partial charge >= 0.3 is 317 Å². The standard InChI is InChI=1S/C38H40N2O.5CO.Cr/c1-28-24-25-33(38(2,3)31-20-12-6-13-21-31)35(26-28)41-27-34-36(29-16-8-4-9-17-29)37(30-18-10-5-11-19-30)39-40(34)32-22-14-7-15-23-32;5*1-2;/h4-23,28,33-36H,24-26H2,1-3H3;;;;;;/t28-,33-,34-,35-,36-;;;;;;/m1....../s1. The molecular formula is C43H40CrN2O6. The molecule has 4 aromatic rings. The maximum absolute atomic E-state index is 7.50. The van der Waals surface area contributed by atoms with Crippen molar-refractivity contribution < 1.29 is 43.8 Å².